The Kier molecular flexibility index (Phi) is 4.97. The average molecular weight is 322 g/mol. The molecule has 0 saturated carbocycles. The number of carbonyl (C=O) groups excluding carboxylic acids is 1. The molecular weight excluding hydrogens is 304 g/mol. The standard InChI is InChI=1S/C15H18N2O4S/c1-17-10-12(9-16-17)11-22(19,20)8-7-13-5-3-4-6-14(13)15(18)21-2/h3-6,9-10H,7-8,11H2,1-2H3. The Morgan fingerprint density at radius 1 is 1.32 bits per heavy atom. The van der Waals surface area contributed by atoms with Gasteiger partial charge in [0.1, 0.15) is 0 Å². The van der Waals surface area contributed by atoms with Crippen molar-refractivity contribution in [2.75, 3.05) is 12.9 Å². The van der Waals surface area contributed by atoms with E-state index < -0.39 is 15.8 Å². The van der Waals surface area contributed by atoms with E-state index in [1.165, 1.54) is 7.11 Å². The SMILES string of the molecule is COC(=O)c1ccccc1CCS(=O)(=O)Cc1cnn(C)c1. The lowest BCUT2D eigenvalue weighted by molar-refractivity contribution is 0.0599. The molecule has 1 aromatic carbocycles. The number of hydrogen-bond donors (Lipinski definition) is 0. The van der Waals surface area contributed by atoms with Crippen molar-refractivity contribution in [2.45, 2.75) is 12.2 Å². The summed E-state index contributed by atoms with van der Waals surface area (Å²) in [6.07, 6.45) is 3.49. The summed E-state index contributed by atoms with van der Waals surface area (Å²) in [6, 6.07) is 6.87. The van der Waals surface area contributed by atoms with Crippen molar-refractivity contribution in [1.29, 1.82) is 0 Å². The monoisotopic (exact) mass is 322 g/mol. The van der Waals surface area contributed by atoms with Crippen molar-refractivity contribution in [2.24, 2.45) is 7.05 Å². The average Bonchev–Trinajstić information content (AvgIpc) is 2.89. The van der Waals surface area contributed by atoms with Gasteiger partial charge in [-0.15, -0.1) is 0 Å². The van der Waals surface area contributed by atoms with E-state index in [2.05, 4.69) is 5.10 Å². The molecule has 0 aliphatic heterocycles. The molecule has 7 heteroatoms. The Balaban J connectivity index is 2.07. The van der Waals surface area contributed by atoms with Crippen LogP contribution in [0.4, 0.5) is 0 Å². The zero-order valence-electron chi connectivity index (χ0n) is 12.5. The van der Waals surface area contributed by atoms with Gasteiger partial charge in [-0.2, -0.15) is 5.10 Å². The van der Waals surface area contributed by atoms with Crippen LogP contribution in [0.2, 0.25) is 0 Å². The van der Waals surface area contributed by atoms with Crippen molar-refractivity contribution >= 4 is 15.8 Å². The summed E-state index contributed by atoms with van der Waals surface area (Å²) in [4.78, 5) is 11.7. The molecule has 0 fully saturated rings. The van der Waals surface area contributed by atoms with Crippen LogP contribution in [0.25, 0.3) is 0 Å². The van der Waals surface area contributed by atoms with E-state index in [1.54, 1.807) is 48.4 Å². The van der Waals surface area contributed by atoms with Crippen LogP contribution in [0, 0.1) is 0 Å². The number of aryl methyl sites for hydroxylation is 2. The summed E-state index contributed by atoms with van der Waals surface area (Å²) >= 11 is 0. The second-order valence-electron chi connectivity index (χ2n) is 5.01. The zero-order chi connectivity index (χ0) is 16.2. The number of hydrogen-bond acceptors (Lipinski definition) is 5. The third-order valence-electron chi connectivity index (χ3n) is 3.25. The van der Waals surface area contributed by atoms with Gasteiger partial charge in [-0.25, -0.2) is 13.2 Å². The van der Waals surface area contributed by atoms with E-state index in [1.807, 2.05) is 0 Å². The number of esters is 1. The minimum atomic E-state index is -3.27. The molecule has 2 rings (SSSR count). The van der Waals surface area contributed by atoms with Gasteiger partial charge in [0.15, 0.2) is 9.84 Å². The number of ether oxygens (including phenoxy) is 1. The molecule has 0 bridgehead atoms. The first-order valence-corrected chi connectivity index (χ1v) is 8.57. The van der Waals surface area contributed by atoms with Crippen LogP contribution in [-0.2, 0) is 33.8 Å². The summed E-state index contributed by atoms with van der Waals surface area (Å²) in [5, 5.41) is 3.96. The van der Waals surface area contributed by atoms with Crippen LogP contribution < -0.4 is 0 Å². The van der Waals surface area contributed by atoms with Crippen molar-refractivity contribution in [3.63, 3.8) is 0 Å². The highest BCUT2D eigenvalue weighted by Gasteiger charge is 2.16. The van der Waals surface area contributed by atoms with Gasteiger partial charge in [0.25, 0.3) is 0 Å². The maximum atomic E-state index is 12.2. The maximum absolute atomic E-state index is 12.2. The van der Waals surface area contributed by atoms with E-state index in [9.17, 15) is 13.2 Å². The number of aromatic nitrogens is 2. The Bertz CT molecular complexity index is 765. The molecule has 1 heterocycles. The maximum Gasteiger partial charge on any atom is 0.338 e. The van der Waals surface area contributed by atoms with Gasteiger partial charge in [-0.1, -0.05) is 18.2 Å². The van der Waals surface area contributed by atoms with E-state index in [-0.39, 0.29) is 17.9 Å². The lowest BCUT2D eigenvalue weighted by atomic mass is 10.1. The topological polar surface area (TPSA) is 78.3 Å². The molecule has 0 atom stereocenters. The Labute approximate surface area is 129 Å². The Morgan fingerprint density at radius 2 is 2.05 bits per heavy atom. The molecule has 2 aromatic rings. The second-order valence-corrected chi connectivity index (χ2v) is 7.20. The van der Waals surface area contributed by atoms with E-state index in [0.717, 1.165) is 0 Å². The molecule has 0 saturated heterocycles. The fraction of sp³-hybridized carbons (Fsp3) is 0.333. The lowest BCUT2D eigenvalue weighted by Gasteiger charge is -2.08. The fourth-order valence-electron chi connectivity index (χ4n) is 2.19. The van der Waals surface area contributed by atoms with Crippen molar-refractivity contribution in [3.8, 4) is 0 Å². The highest BCUT2D eigenvalue weighted by Crippen LogP contribution is 2.13. The molecule has 6 nitrogen and oxygen atoms in total. The number of benzene rings is 1. The third-order valence-corrected chi connectivity index (χ3v) is 4.85. The summed E-state index contributed by atoms with van der Waals surface area (Å²) < 4.78 is 30.6. The molecule has 0 N–H and O–H groups in total. The van der Waals surface area contributed by atoms with Gasteiger partial charge in [-0.3, -0.25) is 4.68 Å². The van der Waals surface area contributed by atoms with Crippen LogP contribution in [0.15, 0.2) is 36.7 Å². The minimum Gasteiger partial charge on any atom is -0.465 e. The van der Waals surface area contributed by atoms with E-state index >= 15 is 0 Å². The molecule has 118 valence electrons. The first kappa shape index (κ1) is 16.2. The predicted octanol–water partition coefficient (Wildman–Crippen LogP) is 1.36. The minimum absolute atomic E-state index is 0.0318. The van der Waals surface area contributed by atoms with Gasteiger partial charge in [0.05, 0.1) is 30.4 Å². The zero-order valence-corrected chi connectivity index (χ0v) is 13.3. The highest BCUT2D eigenvalue weighted by atomic mass is 32.2. The molecule has 0 unspecified atom stereocenters. The number of carbonyl (C=O) groups is 1. The number of rotatable bonds is 6. The first-order valence-electron chi connectivity index (χ1n) is 6.75. The molecular formula is C15H18N2O4S. The van der Waals surface area contributed by atoms with Crippen molar-refractivity contribution < 1.29 is 17.9 Å². The molecule has 22 heavy (non-hydrogen) atoms. The van der Waals surface area contributed by atoms with Gasteiger partial charge < -0.3 is 4.74 Å². The summed E-state index contributed by atoms with van der Waals surface area (Å²) in [5.41, 5.74) is 1.73. The highest BCUT2D eigenvalue weighted by molar-refractivity contribution is 7.90. The molecule has 1 aromatic heterocycles. The smallest absolute Gasteiger partial charge is 0.338 e. The summed E-state index contributed by atoms with van der Waals surface area (Å²) in [5.74, 6) is -0.544. The molecule has 0 spiro atoms. The lowest BCUT2D eigenvalue weighted by Crippen LogP contribution is -2.13. The Morgan fingerprint density at radius 3 is 2.68 bits per heavy atom. The largest absolute Gasteiger partial charge is 0.465 e. The molecule has 0 radical (unpaired) electrons. The van der Waals surface area contributed by atoms with Crippen molar-refractivity contribution in [1.82, 2.24) is 9.78 Å². The number of sulfone groups is 1. The predicted molar refractivity (Wildman–Crippen MR) is 82.2 cm³/mol. The molecule has 0 aliphatic rings. The summed E-state index contributed by atoms with van der Waals surface area (Å²) in [7, 11) is -0.231. The second kappa shape index (κ2) is 6.74. The van der Waals surface area contributed by atoms with Crippen LogP contribution in [0.1, 0.15) is 21.5 Å². The fourth-order valence-corrected chi connectivity index (χ4v) is 3.52. The van der Waals surface area contributed by atoms with E-state index in [0.29, 0.717) is 16.7 Å². The third kappa shape index (κ3) is 4.17. The van der Waals surface area contributed by atoms with Gasteiger partial charge in [0.2, 0.25) is 0 Å². The molecule has 0 aliphatic carbocycles. The van der Waals surface area contributed by atoms with Crippen molar-refractivity contribution in [3.05, 3.63) is 53.3 Å². The quantitative estimate of drug-likeness (QED) is 0.751. The number of nitrogens with zero attached hydrogens (tertiary/aromatic N) is 2. The van der Waals surface area contributed by atoms with Crippen LogP contribution in [-0.4, -0.2) is 37.0 Å². The van der Waals surface area contributed by atoms with Crippen LogP contribution in [0.5, 0.6) is 0 Å². The van der Waals surface area contributed by atoms with Crippen LogP contribution in [0.3, 0.4) is 0 Å². The molecule has 0 amide bonds. The van der Waals surface area contributed by atoms with Gasteiger partial charge in [-0.05, 0) is 18.1 Å². The van der Waals surface area contributed by atoms with Gasteiger partial charge in [0, 0.05) is 18.8 Å². The Hall–Kier alpha value is -2.15. The number of methoxy groups -OCH3 is 1. The normalized spacial score (nSPS) is 11.4. The van der Waals surface area contributed by atoms with Gasteiger partial charge >= 0.3 is 5.97 Å². The summed E-state index contributed by atoms with van der Waals surface area (Å²) in [6.45, 7) is 0. The van der Waals surface area contributed by atoms with E-state index in [4.69, 9.17) is 4.74 Å². The first-order chi connectivity index (χ1) is 10.4. The van der Waals surface area contributed by atoms with Crippen LogP contribution >= 0.6 is 0 Å².